The number of ether oxygens (including phenoxy) is 1. The molecule has 132 valence electrons. The number of hydrogen-bond acceptors (Lipinski definition) is 4. The Bertz CT molecular complexity index is 808. The summed E-state index contributed by atoms with van der Waals surface area (Å²) in [5.74, 6) is -2.08. The number of H-pyrrole nitrogens is 1. The summed E-state index contributed by atoms with van der Waals surface area (Å²) in [7, 11) is 1.21. The molecule has 2 amide bonds. The zero-order chi connectivity index (χ0) is 18.0. The van der Waals surface area contributed by atoms with Gasteiger partial charge in [0, 0.05) is 30.3 Å². The van der Waals surface area contributed by atoms with Crippen LogP contribution in [-0.2, 0) is 16.0 Å². The summed E-state index contributed by atoms with van der Waals surface area (Å²) in [6.07, 6.45) is 1.97. The van der Waals surface area contributed by atoms with E-state index >= 15 is 0 Å². The molecule has 7 nitrogen and oxygen atoms in total. The number of benzene rings is 1. The van der Waals surface area contributed by atoms with Crippen molar-refractivity contribution in [2.24, 2.45) is 0 Å². The smallest absolute Gasteiger partial charge is 0.325 e. The first-order valence-corrected chi connectivity index (χ1v) is 7.59. The molecule has 0 saturated carbocycles. The normalized spacial score (nSPS) is 16.3. The number of rotatable bonds is 3. The predicted molar refractivity (Wildman–Crippen MR) is 82.6 cm³/mol. The van der Waals surface area contributed by atoms with Crippen molar-refractivity contribution >= 4 is 12.0 Å². The van der Waals surface area contributed by atoms with E-state index in [4.69, 9.17) is 0 Å². The molecule has 0 bridgehead atoms. The van der Waals surface area contributed by atoms with Crippen molar-refractivity contribution in [3.05, 3.63) is 53.1 Å². The molecule has 3 rings (SSSR count). The molecule has 0 fully saturated rings. The number of nitrogens with one attached hydrogen (secondary N) is 2. The number of imidazole rings is 1. The number of amides is 2. The Kier molecular flexibility index (Phi) is 4.64. The Morgan fingerprint density at radius 1 is 1.44 bits per heavy atom. The SMILES string of the molecule is COC(=O)CNC(=O)N1CCc2[nH]cnc2[C@@H]1c1ccc(F)cc1F. The lowest BCUT2D eigenvalue weighted by atomic mass is 9.95. The van der Waals surface area contributed by atoms with Gasteiger partial charge in [-0.05, 0) is 6.07 Å². The Balaban J connectivity index is 1.94. The molecular weight excluding hydrogens is 334 g/mol. The van der Waals surface area contributed by atoms with Crippen LogP contribution in [0.4, 0.5) is 13.6 Å². The van der Waals surface area contributed by atoms with Crippen LogP contribution in [0, 0.1) is 11.6 Å². The van der Waals surface area contributed by atoms with Crippen molar-refractivity contribution in [3.63, 3.8) is 0 Å². The number of fused-ring (bicyclic) bond motifs is 1. The van der Waals surface area contributed by atoms with Gasteiger partial charge in [-0.3, -0.25) is 4.79 Å². The van der Waals surface area contributed by atoms with Crippen LogP contribution in [0.15, 0.2) is 24.5 Å². The topological polar surface area (TPSA) is 87.3 Å². The molecule has 2 aromatic rings. The van der Waals surface area contributed by atoms with Gasteiger partial charge in [-0.2, -0.15) is 0 Å². The van der Waals surface area contributed by atoms with Crippen molar-refractivity contribution in [1.29, 1.82) is 0 Å². The third-order valence-electron chi connectivity index (χ3n) is 4.05. The van der Waals surface area contributed by atoms with Gasteiger partial charge < -0.3 is 19.9 Å². The van der Waals surface area contributed by atoms with Crippen molar-refractivity contribution in [1.82, 2.24) is 20.2 Å². The first kappa shape index (κ1) is 16.9. The van der Waals surface area contributed by atoms with Crippen molar-refractivity contribution in [3.8, 4) is 0 Å². The summed E-state index contributed by atoms with van der Waals surface area (Å²) in [6.45, 7) is -0.0262. The van der Waals surface area contributed by atoms with Gasteiger partial charge in [-0.15, -0.1) is 0 Å². The molecule has 1 atom stereocenters. The molecule has 9 heteroatoms. The zero-order valence-corrected chi connectivity index (χ0v) is 13.4. The maximum Gasteiger partial charge on any atom is 0.325 e. The Morgan fingerprint density at radius 3 is 2.96 bits per heavy atom. The maximum absolute atomic E-state index is 14.3. The molecular formula is C16H16F2N4O3. The van der Waals surface area contributed by atoms with Crippen LogP contribution in [-0.4, -0.2) is 47.1 Å². The molecule has 0 aliphatic carbocycles. The third-order valence-corrected chi connectivity index (χ3v) is 4.05. The lowest BCUT2D eigenvalue weighted by molar-refractivity contribution is -0.139. The van der Waals surface area contributed by atoms with E-state index in [0.29, 0.717) is 12.1 Å². The first-order chi connectivity index (χ1) is 12.0. The highest BCUT2D eigenvalue weighted by Gasteiger charge is 2.35. The van der Waals surface area contributed by atoms with Gasteiger partial charge in [0.2, 0.25) is 0 Å². The summed E-state index contributed by atoms with van der Waals surface area (Å²) in [5.41, 5.74) is 1.40. The fourth-order valence-corrected chi connectivity index (χ4v) is 2.86. The molecule has 2 N–H and O–H groups in total. The first-order valence-electron chi connectivity index (χ1n) is 7.59. The molecule has 1 aliphatic rings. The fourth-order valence-electron chi connectivity index (χ4n) is 2.86. The molecule has 1 aromatic carbocycles. The van der Waals surface area contributed by atoms with E-state index < -0.39 is 29.7 Å². The highest BCUT2D eigenvalue weighted by Crippen LogP contribution is 2.34. The lowest BCUT2D eigenvalue weighted by Crippen LogP contribution is -2.47. The lowest BCUT2D eigenvalue weighted by Gasteiger charge is -2.35. The van der Waals surface area contributed by atoms with Crippen molar-refractivity contribution in [2.45, 2.75) is 12.5 Å². The van der Waals surface area contributed by atoms with Crippen LogP contribution in [0.25, 0.3) is 0 Å². The van der Waals surface area contributed by atoms with Gasteiger partial charge in [0.1, 0.15) is 24.2 Å². The van der Waals surface area contributed by atoms with Crippen LogP contribution in [0.5, 0.6) is 0 Å². The number of nitrogens with zero attached hydrogens (tertiary/aromatic N) is 2. The Morgan fingerprint density at radius 2 is 2.24 bits per heavy atom. The third kappa shape index (κ3) is 3.30. The molecule has 2 heterocycles. The molecule has 0 radical (unpaired) electrons. The summed E-state index contributed by atoms with van der Waals surface area (Å²) < 4.78 is 32.1. The minimum absolute atomic E-state index is 0.127. The van der Waals surface area contributed by atoms with Gasteiger partial charge in [0.25, 0.3) is 0 Å². The Labute approximate surface area is 142 Å². The predicted octanol–water partition coefficient (Wildman–Crippen LogP) is 1.52. The van der Waals surface area contributed by atoms with Crippen LogP contribution in [0.3, 0.4) is 0 Å². The monoisotopic (exact) mass is 350 g/mol. The standard InChI is InChI=1S/C16H16F2N4O3/c1-25-13(23)7-19-16(24)22-5-4-12-14(21-8-20-12)15(22)10-3-2-9(17)6-11(10)18/h2-3,6,8,15H,4-5,7H2,1H3,(H,19,24)(H,20,21)/t15-/m0/s1. The highest BCUT2D eigenvalue weighted by atomic mass is 19.1. The summed E-state index contributed by atoms with van der Waals surface area (Å²) in [6, 6.07) is 1.80. The number of aromatic nitrogens is 2. The number of carbonyl (C=O) groups is 2. The van der Waals surface area contributed by atoms with E-state index in [1.165, 1.54) is 24.4 Å². The number of esters is 1. The van der Waals surface area contributed by atoms with E-state index in [0.717, 1.165) is 17.8 Å². The Hall–Kier alpha value is -2.97. The average molecular weight is 350 g/mol. The van der Waals surface area contributed by atoms with Gasteiger partial charge >= 0.3 is 12.0 Å². The van der Waals surface area contributed by atoms with E-state index in [-0.39, 0.29) is 18.7 Å². The van der Waals surface area contributed by atoms with Crippen molar-refractivity contribution < 1.29 is 23.1 Å². The summed E-state index contributed by atoms with van der Waals surface area (Å²) in [5, 5.41) is 2.43. The summed E-state index contributed by atoms with van der Waals surface area (Å²) in [4.78, 5) is 32.2. The van der Waals surface area contributed by atoms with Gasteiger partial charge in [-0.1, -0.05) is 6.07 Å². The van der Waals surface area contributed by atoms with Crippen LogP contribution >= 0.6 is 0 Å². The number of aromatic amines is 1. The molecule has 0 unspecified atom stereocenters. The quantitative estimate of drug-likeness (QED) is 0.822. The van der Waals surface area contributed by atoms with E-state index in [1.807, 2.05) is 0 Å². The number of halogens is 2. The molecule has 1 aliphatic heterocycles. The van der Waals surface area contributed by atoms with Crippen LogP contribution in [0.1, 0.15) is 23.0 Å². The average Bonchev–Trinajstić information content (AvgIpc) is 3.07. The van der Waals surface area contributed by atoms with Gasteiger partial charge in [0.05, 0.1) is 19.1 Å². The number of hydrogen-bond donors (Lipinski definition) is 2. The van der Waals surface area contributed by atoms with E-state index in [2.05, 4.69) is 20.0 Å². The number of urea groups is 1. The molecule has 1 aromatic heterocycles. The second kappa shape index (κ2) is 6.88. The molecule has 0 saturated heterocycles. The second-order valence-electron chi connectivity index (χ2n) is 5.51. The minimum atomic E-state index is -0.826. The van der Waals surface area contributed by atoms with Gasteiger partial charge in [0.15, 0.2) is 0 Å². The highest BCUT2D eigenvalue weighted by molar-refractivity contribution is 5.81. The van der Waals surface area contributed by atoms with Crippen LogP contribution < -0.4 is 5.32 Å². The fraction of sp³-hybridized carbons (Fsp3) is 0.312. The zero-order valence-electron chi connectivity index (χ0n) is 13.4. The van der Waals surface area contributed by atoms with Gasteiger partial charge in [-0.25, -0.2) is 18.6 Å². The largest absolute Gasteiger partial charge is 0.468 e. The number of carbonyl (C=O) groups excluding carboxylic acids is 2. The van der Waals surface area contributed by atoms with Crippen molar-refractivity contribution in [2.75, 3.05) is 20.2 Å². The van der Waals surface area contributed by atoms with Crippen LogP contribution in [0.2, 0.25) is 0 Å². The minimum Gasteiger partial charge on any atom is -0.468 e. The second-order valence-corrected chi connectivity index (χ2v) is 5.51. The molecule has 0 spiro atoms. The maximum atomic E-state index is 14.3. The van der Waals surface area contributed by atoms with E-state index in [1.54, 1.807) is 0 Å². The number of methoxy groups -OCH3 is 1. The summed E-state index contributed by atoms with van der Waals surface area (Å²) >= 11 is 0. The van der Waals surface area contributed by atoms with E-state index in [9.17, 15) is 18.4 Å². The molecule has 25 heavy (non-hydrogen) atoms.